The van der Waals surface area contributed by atoms with Crippen LogP contribution in [0.3, 0.4) is 0 Å². The molecule has 0 unspecified atom stereocenters. The molecular formula is C99H101N5S2. The first-order chi connectivity index (χ1) is 50.9. The molecule has 0 saturated heterocycles. The van der Waals surface area contributed by atoms with Gasteiger partial charge in [-0.3, -0.25) is 9.98 Å². The van der Waals surface area contributed by atoms with Crippen LogP contribution in [-0.2, 0) is 0 Å². The normalized spacial score (nSPS) is 11.5. The minimum atomic E-state index is 0.885. The van der Waals surface area contributed by atoms with Gasteiger partial charge in [-0.2, -0.15) is 0 Å². The first kappa shape index (κ1) is 78.9. The molecule has 0 saturated carbocycles. The average molecular weight is 1430 g/mol. The summed E-state index contributed by atoms with van der Waals surface area (Å²) in [6.07, 6.45) is 8.26. The standard InChI is InChI=1S/C37H33N.2C21H25NS.C20H18N2/c1-26-15-14-16-27(2)37(26)38-29(4)23-28(3)36-34(31-19-10-6-11-20-31)24-33(30-17-8-5-9-18-30)25-35(36)32-21-12-7-13-22-32;2*1-13-10-16(4)20(17(5)11-13)19(23)12-18(6)22-21-14(2)8-7-9-15(21)3;1-16-9-8-10-17(15-21-18-11-4-2-5-12-18)20(16)22-19-13-6-3-7-14-19/h5-25H,1-4H3;2*7-12,22H,1-6H3;2-15,22H,1H3/b28-23+,38-29?;;;. The van der Waals surface area contributed by atoms with E-state index in [1.54, 1.807) is 0 Å². The smallest absolute Gasteiger partial charge is 0.0691 e. The van der Waals surface area contributed by atoms with Crippen LogP contribution in [0.25, 0.3) is 39.0 Å². The molecule has 0 aliphatic heterocycles. The van der Waals surface area contributed by atoms with Crippen LogP contribution < -0.4 is 16.0 Å². The van der Waals surface area contributed by atoms with E-state index in [4.69, 9.17) is 29.4 Å². The maximum Gasteiger partial charge on any atom is 0.0691 e. The maximum absolute atomic E-state index is 5.68. The molecule has 0 bridgehead atoms. The Hall–Kier alpha value is -11.2. The molecule has 0 fully saturated rings. The average Bonchev–Trinajstić information content (AvgIpc) is 0.766. The van der Waals surface area contributed by atoms with Gasteiger partial charge in [0, 0.05) is 55.7 Å². The fraction of sp³-hybridized carbons (Fsp3) is 0.172. The molecule has 0 atom stereocenters. The second-order valence-corrected chi connectivity index (χ2v) is 28.6. The van der Waals surface area contributed by atoms with Crippen molar-refractivity contribution >= 4 is 85.8 Å². The van der Waals surface area contributed by atoms with E-state index in [-0.39, 0.29) is 0 Å². The highest BCUT2D eigenvalue weighted by Crippen LogP contribution is 2.42. The third kappa shape index (κ3) is 21.7. The number of nitrogens with one attached hydrogen (secondary N) is 3. The maximum atomic E-state index is 5.68. The van der Waals surface area contributed by atoms with Crippen LogP contribution in [0, 0.1) is 90.0 Å². The number of hydrogen-bond donors (Lipinski definition) is 3. The van der Waals surface area contributed by atoms with Crippen molar-refractivity contribution in [3.05, 3.63) is 385 Å². The van der Waals surface area contributed by atoms with Gasteiger partial charge in [0.05, 0.1) is 17.1 Å². The minimum Gasteiger partial charge on any atom is -0.359 e. The van der Waals surface area contributed by atoms with Gasteiger partial charge in [-0.1, -0.05) is 260 Å². The number of rotatable bonds is 18. The number of allylic oxidation sites excluding steroid dienone is 6. The van der Waals surface area contributed by atoms with E-state index < -0.39 is 0 Å². The molecule has 5 nitrogen and oxygen atoms in total. The van der Waals surface area contributed by atoms with Crippen LogP contribution in [0.4, 0.5) is 34.1 Å². The third-order valence-electron chi connectivity index (χ3n) is 18.6. The quantitative estimate of drug-likeness (QED) is 0.0346. The van der Waals surface area contributed by atoms with Crippen molar-refractivity contribution in [2.24, 2.45) is 9.98 Å². The number of aryl methyl sites for hydroxylation is 13. The molecule has 0 heterocycles. The number of anilines is 4. The number of nitrogens with zero attached hydrogens (tertiary/aromatic N) is 2. The van der Waals surface area contributed by atoms with Crippen LogP contribution >= 0.6 is 24.4 Å². The third-order valence-corrected chi connectivity index (χ3v) is 19.2. The molecule has 12 aromatic rings. The second kappa shape index (κ2) is 38.0. The molecule has 0 spiro atoms. The molecule has 0 aliphatic carbocycles. The number of para-hydroxylation sites is 6. The molecule has 0 aromatic heterocycles. The highest BCUT2D eigenvalue weighted by atomic mass is 32.1. The van der Waals surface area contributed by atoms with Crippen LogP contribution in [0.5, 0.6) is 0 Å². The monoisotopic (exact) mass is 1420 g/mol. The SMILES string of the molecule is CC(/C=C(\C)c1c(-c2ccccc2)cc(-c2ccccc2)cc1-c1ccccc1)=Nc1c(C)cccc1C.CC(=CC(=S)c1c(C)cc(C)cc1C)Nc1c(C)cccc1C.CC(=CC(=S)c1c(C)cc(C)cc1C)Nc1c(C)cccc1C.Cc1cccc(C=Nc2ccccc2)c1Nc1ccccc1. The Labute approximate surface area is 643 Å². The Morgan fingerprint density at radius 2 is 0.670 bits per heavy atom. The zero-order valence-corrected chi connectivity index (χ0v) is 66.5. The molecule has 7 heteroatoms. The predicted molar refractivity (Wildman–Crippen MR) is 471 cm³/mol. The molecule has 0 radical (unpaired) electrons. The van der Waals surface area contributed by atoms with Crippen LogP contribution in [0.15, 0.2) is 300 Å². The first-order valence-corrected chi connectivity index (χ1v) is 37.2. The van der Waals surface area contributed by atoms with Crippen molar-refractivity contribution in [3.63, 3.8) is 0 Å². The summed E-state index contributed by atoms with van der Waals surface area (Å²) in [6.45, 7) is 36.0. The van der Waals surface area contributed by atoms with E-state index in [9.17, 15) is 0 Å². The number of thiocarbonyl (C=S) groups is 2. The molecule has 0 aliphatic rings. The molecule has 12 rings (SSSR count). The van der Waals surface area contributed by atoms with Crippen molar-refractivity contribution in [3.8, 4) is 33.4 Å². The Kier molecular flexibility index (Phi) is 28.3. The predicted octanol–water partition coefficient (Wildman–Crippen LogP) is 27.9. The van der Waals surface area contributed by atoms with E-state index in [0.717, 1.165) is 55.1 Å². The van der Waals surface area contributed by atoms with Crippen molar-refractivity contribution in [2.45, 2.75) is 118 Å². The Balaban J connectivity index is 0.000000169. The van der Waals surface area contributed by atoms with Gasteiger partial charge < -0.3 is 16.0 Å². The zero-order chi connectivity index (χ0) is 76.0. The summed E-state index contributed by atoms with van der Waals surface area (Å²) < 4.78 is 0. The zero-order valence-electron chi connectivity index (χ0n) is 64.8. The highest BCUT2D eigenvalue weighted by Gasteiger charge is 2.18. The minimum absolute atomic E-state index is 0.885. The Morgan fingerprint density at radius 1 is 0.321 bits per heavy atom. The fourth-order valence-corrected chi connectivity index (χ4v) is 14.6. The Bertz CT molecular complexity index is 4910. The lowest BCUT2D eigenvalue weighted by Crippen LogP contribution is -2.06. The van der Waals surface area contributed by atoms with Gasteiger partial charge in [0.1, 0.15) is 0 Å². The number of aliphatic imine (C=N–C) groups is 2. The summed E-state index contributed by atoms with van der Waals surface area (Å²) in [5.74, 6) is 0. The van der Waals surface area contributed by atoms with Gasteiger partial charge in [0.25, 0.3) is 0 Å². The molecule has 12 aromatic carbocycles. The van der Waals surface area contributed by atoms with Crippen LogP contribution in [0.2, 0.25) is 0 Å². The summed E-state index contributed by atoms with van der Waals surface area (Å²) in [5, 5.41) is 10.5. The summed E-state index contributed by atoms with van der Waals surface area (Å²) >= 11 is 11.4. The molecular weight excluding hydrogens is 1320 g/mol. The lowest BCUT2D eigenvalue weighted by molar-refractivity contribution is 1.29. The lowest BCUT2D eigenvalue weighted by atomic mass is 9.84. The number of hydrogen-bond acceptors (Lipinski definition) is 7. The largest absolute Gasteiger partial charge is 0.359 e. The fourth-order valence-electron chi connectivity index (χ4n) is 13.6. The van der Waals surface area contributed by atoms with Crippen molar-refractivity contribution in [1.82, 2.24) is 0 Å². The van der Waals surface area contributed by atoms with Gasteiger partial charge >= 0.3 is 0 Å². The van der Waals surface area contributed by atoms with Crippen LogP contribution in [-0.4, -0.2) is 21.7 Å². The van der Waals surface area contributed by atoms with Crippen molar-refractivity contribution in [1.29, 1.82) is 0 Å². The van der Waals surface area contributed by atoms with Crippen molar-refractivity contribution in [2.75, 3.05) is 16.0 Å². The molecule has 534 valence electrons. The van der Waals surface area contributed by atoms with E-state index in [2.05, 4.69) is 369 Å². The molecule has 3 N–H and O–H groups in total. The summed E-state index contributed by atoms with van der Waals surface area (Å²) in [6, 6.07) is 90.9. The Morgan fingerprint density at radius 3 is 1.08 bits per heavy atom. The van der Waals surface area contributed by atoms with E-state index >= 15 is 0 Å². The summed E-state index contributed by atoms with van der Waals surface area (Å²) in [4.78, 5) is 11.4. The summed E-state index contributed by atoms with van der Waals surface area (Å²) in [7, 11) is 0. The molecule has 106 heavy (non-hydrogen) atoms. The van der Waals surface area contributed by atoms with E-state index in [1.807, 2.05) is 54.7 Å². The lowest BCUT2D eigenvalue weighted by Gasteiger charge is -2.19. The van der Waals surface area contributed by atoms with Gasteiger partial charge in [0.15, 0.2) is 0 Å². The topological polar surface area (TPSA) is 60.8 Å². The second-order valence-electron chi connectivity index (χ2n) is 27.7. The first-order valence-electron chi connectivity index (χ1n) is 36.4. The van der Waals surface area contributed by atoms with Gasteiger partial charge in [-0.25, -0.2) is 0 Å². The van der Waals surface area contributed by atoms with E-state index in [1.165, 1.54) is 139 Å². The van der Waals surface area contributed by atoms with Crippen LogP contribution in [0.1, 0.15) is 122 Å². The van der Waals surface area contributed by atoms with Gasteiger partial charge in [-0.05, 0) is 289 Å². The molecule has 0 amide bonds. The number of benzene rings is 12. The summed E-state index contributed by atoms with van der Waals surface area (Å²) in [5.41, 5.74) is 38.8. The van der Waals surface area contributed by atoms with Gasteiger partial charge in [-0.15, -0.1) is 0 Å². The van der Waals surface area contributed by atoms with E-state index in [0.29, 0.717) is 0 Å². The highest BCUT2D eigenvalue weighted by molar-refractivity contribution is 7.81. The van der Waals surface area contributed by atoms with Crippen molar-refractivity contribution < 1.29 is 0 Å². The van der Waals surface area contributed by atoms with Gasteiger partial charge in [0.2, 0.25) is 0 Å².